The third-order valence-electron chi connectivity index (χ3n) is 3.15. The number of hydrogen-bond donors (Lipinski definition) is 1. The molecule has 0 radical (unpaired) electrons. The van der Waals surface area contributed by atoms with Crippen molar-refractivity contribution in [2.45, 2.75) is 20.0 Å². The van der Waals surface area contributed by atoms with Gasteiger partial charge in [-0.15, -0.1) is 0 Å². The molecule has 2 aromatic carbocycles. The van der Waals surface area contributed by atoms with E-state index in [-0.39, 0.29) is 5.92 Å². The lowest BCUT2D eigenvalue weighted by Gasteiger charge is -2.15. The Morgan fingerprint density at radius 2 is 1.47 bits per heavy atom. The fourth-order valence-corrected chi connectivity index (χ4v) is 1.75. The first-order chi connectivity index (χ1) is 9.16. The topological polar surface area (TPSA) is 29.5 Å². The van der Waals surface area contributed by atoms with Gasteiger partial charge in [-0.1, -0.05) is 56.3 Å². The Labute approximate surface area is 114 Å². The lowest BCUT2D eigenvalue weighted by atomic mass is 10.1. The number of ether oxygens (including phenoxy) is 1. The predicted molar refractivity (Wildman–Crippen MR) is 78.2 cm³/mol. The minimum Gasteiger partial charge on any atom is -0.491 e. The van der Waals surface area contributed by atoms with Crippen molar-refractivity contribution in [3.8, 4) is 16.9 Å². The van der Waals surface area contributed by atoms with E-state index in [9.17, 15) is 5.11 Å². The Hall–Kier alpha value is -1.80. The van der Waals surface area contributed by atoms with Crippen molar-refractivity contribution < 1.29 is 9.84 Å². The van der Waals surface area contributed by atoms with Crippen LogP contribution in [-0.2, 0) is 0 Å². The van der Waals surface area contributed by atoms with Gasteiger partial charge in [0.2, 0.25) is 0 Å². The Balaban J connectivity index is 1.99. The predicted octanol–water partition coefficient (Wildman–Crippen LogP) is 3.75. The van der Waals surface area contributed by atoms with Crippen molar-refractivity contribution in [1.29, 1.82) is 0 Å². The molecule has 0 saturated carbocycles. The maximum Gasteiger partial charge on any atom is 0.119 e. The summed E-state index contributed by atoms with van der Waals surface area (Å²) in [5.41, 5.74) is 2.36. The zero-order valence-corrected chi connectivity index (χ0v) is 11.4. The maximum atomic E-state index is 9.70. The molecule has 1 atom stereocenters. The molecule has 0 fully saturated rings. The molecular formula is C17H20O2. The third-order valence-corrected chi connectivity index (χ3v) is 3.15. The van der Waals surface area contributed by atoms with Crippen LogP contribution < -0.4 is 4.74 Å². The normalized spacial score (nSPS) is 12.4. The molecule has 2 aromatic rings. The van der Waals surface area contributed by atoms with Crippen molar-refractivity contribution >= 4 is 0 Å². The summed E-state index contributed by atoms with van der Waals surface area (Å²) < 4.78 is 5.57. The fourth-order valence-electron chi connectivity index (χ4n) is 1.75. The summed E-state index contributed by atoms with van der Waals surface area (Å²) in [7, 11) is 0. The number of aliphatic hydroxyl groups excluding tert-OH is 1. The second-order valence-corrected chi connectivity index (χ2v) is 5.01. The summed E-state index contributed by atoms with van der Waals surface area (Å²) in [6.45, 7) is 4.29. The summed E-state index contributed by atoms with van der Waals surface area (Å²) in [6, 6.07) is 18.2. The highest BCUT2D eigenvalue weighted by Crippen LogP contribution is 2.22. The average Bonchev–Trinajstić information content (AvgIpc) is 2.46. The van der Waals surface area contributed by atoms with E-state index >= 15 is 0 Å². The van der Waals surface area contributed by atoms with Crippen molar-refractivity contribution in [3.63, 3.8) is 0 Å². The molecule has 1 N–H and O–H groups in total. The largest absolute Gasteiger partial charge is 0.491 e. The molecule has 2 heteroatoms. The fraction of sp³-hybridized carbons (Fsp3) is 0.294. The lowest BCUT2D eigenvalue weighted by Crippen LogP contribution is -2.23. The molecular weight excluding hydrogens is 236 g/mol. The lowest BCUT2D eigenvalue weighted by molar-refractivity contribution is 0.0701. The summed E-state index contributed by atoms with van der Waals surface area (Å²) in [4.78, 5) is 0. The molecule has 100 valence electrons. The average molecular weight is 256 g/mol. The van der Waals surface area contributed by atoms with Crippen molar-refractivity contribution in [1.82, 2.24) is 0 Å². The highest BCUT2D eigenvalue weighted by molar-refractivity contribution is 5.63. The van der Waals surface area contributed by atoms with Crippen LogP contribution in [0.1, 0.15) is 13.8 Å². The van der Waals surface area contributed by atoms with Gasteiger partial charge >= 0.3 is 0 Å². The third kappa shape index (κ3) is 3.83. The van der Waals surface area contributed by atoms with Crippen LogP contribution in [0.15, 0.2) is 54.6 Å². The number of hydrogen-bond acceptors (Lipinski definition) is 2. The van der Waals surface area contributed by atoms with Gasteiger partial charge in [-0.3, -0.25) is 0 Å². The molecule has 0 aliphatic carbocycles. The molecule has 0 spiro atoms. The van der Waals surface area contributed by atoms with E-state index in [1.165, 1.54) is 5.56 Å². The van der Waals surface area contributed by atoms with Crippen LogP contribution >= 0.6 is 0 Å². The van der Waals surface area contributed by atoms with E-state index in [1.54, 1.807) is 0 Å². The first kappa shape index (κ1) is 13.6. The van der Waals surface area contributed by atoms with Crippen molar-refractivity contribution in [3.05, 3.63) is 54.6 Å². The van der Waals surface area contributed by atoms with Crippen molar-refractivity contribution in [2.75, 3.05) is 6.61 Å². The van der Waals surface area contributed by atoms with Gasteiger partial charge in [0.1, 0.15) is 12.4 Å². The summed E-state index contributed by atoms with van der Waals surface area (Å²) in [6.07, 6.45) is -0.422. The first-order valence-electron chi connectivity index (χ1n) is 6.63. The van der Waals surface area contributed by atoms with E-state index in [0.717, 1.165) is 11.3 Å². The number of aliphatic hydroxyl groups is 1. The van der Waals surface area contributed by atoms with Crippen LogP contribution in [0, 0.1) is 5.92 Å². The van der Waals surface area contributed by atoms with E-state index in [4.69, 9.17) is 4.74 Å². The molecule has 0 aliphatic rings. The highest BCUT2D eigenvalue weighted by atomic mass is 16.5. The first-order valence-corrected chi connectivity index (χ1v) is 6.63. The monoisotopic (exact) mass is 256 g/mol. The molecule has 0 saturated heterocycles. The number of benzene rings is 2. The van der Waals surface area contributed by atoms with Crippen LogP contribution in [0.25, 0.3) is 11.1 Å². The molecule has 0 aliphatic heterocycles. The van der Waals surface area contributed by atoms with Crippen LogP contribution in [0.2, 0.25) is 0 Å². The Morgan fingerprint density at radius 1 is 0.895 bits per heavy atom. The van der Waals surface area contributed by atoms with E-state index in [1.807, 2.05) is 56.3 Å². The molecule has 1 unspecified atom stereocenters. The molecule has 0 amide bonds. The van der Waals surface area contributed by atoms with E-state index in [2.05, 4.69) is 12.1 Å². The quantitative estimate of drug-likeness (QED) is 0.882. The van der Waals surface area contributed by atoms with Gasteiger partial charge in [-0.25, -0.2) is 0 Å². The van der Waals surface area contributed by atoms with Gasteiger partial charge in [-0.05, 0) is 29.2 Å². The minimum absolute atomic E-state index is 0.212. The molecule has 19 heavy (non-hydrogen) atoms. The van der Waals surface area contributed by atoms with Crippen LogP contribution in [0.3, 0.4) is 0 Å². The Kier molecular flexibility index (Phi) is 4.58. The zero-order chi connectivity index (χ0) is 13.7. The van der Waals surface area contributed by atoms with Crippen LogP contribution in [0.4, 0.5) is 0 Å². The van der Waals surface area contributed by atoms with Crippen LogP contribution in [0.5, 0.6) is 5.75 Å². The summed E-state index contributed by atoms with van der Waals surface area (Å²) in [5, 5.41) is 9.70. The molecule has 2 nitrogen and oxygen atoms in total. The summed E-state index contributed by atoms with van der Waals surface area (Å²) >= 11 is 0. The zero-order valence-electron chi connectivity index (χ0n) is 11.4. The molecule has 0 aromatic heterocycles. The molecule has 0 bridgehead atoms. The molecule has 2 rings (SSSR count). The van der Waals surface area contributed by atoms with Gasteiger partial charge in [0.15, 0.2) is 0 Å². The number of rotatable bonds is 5. The smallest absolute Gasteiger partial charge is 0.119 e. The van der Waals surface area contributed by atoms with Gasteiger partial charge in [-0.2, -0.15) is 0 Å². The van der Waals surface area contributed by atoms with Gasteiger partial charge in [0.05, 0.1) is 6.10 Å². The second-order valence-electron chi connectivity index (χ2n) is 5.01. The van der Waals surface area contributed by atoms with Gasteiger partial charge in [0, 0.05) is 0 Å². The van der Waals surface area contributed by atoms with E-state index in [0.29, 0.717) is 6.61 Å². The van der Waals surface area contributed by atoms with Crippen molar-refractivity contribution in [2.24, 2.45) is 5.92 Å². The van der Waals surface area contributed by atoms with Crippen LogP contribution in [-0.4, -0.2) is 17.8 Å². The Morgan fingerprint density at radius 3 is 2.05 bits per heavy atom. The Bertz CT molecular complexity index is 488. The maximum absolute atomic E-state index is 9.70. The van der Waals surface area contributed by atoms with Gasteiger partial charge < -0.3 is 9.84 Å². The molecule has 0 heterocycles. The van der Waals surface area contributed by atoms with Gasteiger partial charge in [0.25, 0.3) is 0 Å². The van der Waals surface area contributed by atoms with E-state index < -0.39 is 6.10 Å². The SMILES string of the molecule is CC(C)C(O)COc1ccc(-c2ccccc2)cc1. The standard InChI is InChI=1S/C17H20O2/c1-13(2)17(18)12-19-16-10-8-15(9-11-16)14-6-4-3-5-7-14/h3-11,13,17-18H,12H2,1-2H3. The second kappa shape index (κ2) is 6.39. The summed E-state index contributed by atoms with van der Waals surface area (Å²) in [5.74, 6) is 1.00. The highest BCUT2D eigenvalue weighted by Gasteiger charge is 2.09. The minimum atomic E-state index is -0.422.